The smallest absolute Gasteiger partial charge is 0.0288 e. The first-order valence-electron chi connectivity index (χ1n) is 6.48. The van der Waals surface area contributed by atoms with Crippen molar-refractivity contribution in [2.45, 2.75) is 71.6 Å². The lowest BCUT2D eigenvalue weighted by atomic mass is 9.95. The first kappa shape index (κ1) is 11.8. The Labute approximate surface area is 89.8 Å². The molecule has 0 aliphatic heterocycles. The minimum Gasteiger partial charge on any atom is -0.0828 e. The second kappa shape index (κ2) is 7.09. The first-order chi connectivity index (χ1) is 6.79. The average Bonchev–Trinajstić information content (AvgIpc) is 2.15. The highest BCUT2D eigenvalue weighted by atomic mass is 14.1. The molecule has 1 fully saturated rings. The molecular formula is C14H26. The molecule has 1 saturated carbocycles. The molecule has 0 N–H and O–H groups in total. The quantitative estimate of drug-likeness (QED) is 0.510. The molecule has 0 radical (unpaired) electrons. The SMILES string of the molecule is CC(C)C=C1CCCCCCCCC1. The van der Waals surface area contributed by atoms with Crippen LogP contribution in [0.2, 0.25) is 0 Å². The summed E-state index contributed by atoms with van der Waals surface area (Å²) < 4.78 is 0. The maximum atomic E-state index is 2.50. The molecule has 0 aromatic heterocycles. The van der Waals surface area contributed by atoms with Gasteiger partial charge in [-0.2, -0.15) is 0 Å². The van der Waals surface area contributed by atoms with Gasteiger partial charge in [0.15, 0.2) is 0 Å². The van der Waals surface area contributed by atoms with Crippen molar-refractivity contribution >= 4 is 0 Å². The Morgan fingerprint density at radius 1 is 0.786 bits per heavy atom. The molecule has 0 unspecified atom stereocenters. The Balaban J connectivity index is 2.38. The van der Waals surface area contributed by atoms with Gasteiger partial charge in [0.2, 0.25) is 0 Å². The molecule has 0 heteroatoms. The molecule has 0 spiro atoms. The highest BCUT2D eigenvalue weighted by Crippen LogP contribution is 2.21. The van der Waals surface area contributed by atoms with E-state index in [0.717, 1.165) is 5.92 Å². The molecule has 82 valence electrons. The van der Waals surface area contributed by atoms with Crippen molar-refractivity contribution in [3.63, 3.8) is 0 Å². The van der Waals surface area contributed by atoms with Crippen LogP contribution in [0.4, 0.5) is 0 Å². The Kier molecular flexibility index (Phi) is 5.98. The zero-order chi connectivity index (χ0) is 10.2. The van der Waals surface area contributed by atoms with Crippen molar-refractivity contribution in [2.75, 3.05) is 0 Å². The van der Waals surface area contributed by atoms with Crippen LogP contribution in [0.3, 0.4) is 0 Å². The second-order valence-corrected chi connectivity index (χ2v) is 5.04. The maximum absolute atomic E-state index is 2.50. The van der Waals surface area contributed by atoms with Crippen LogP contribution < -0.4 is 0 Å². The van der Waals surface area contributed by atoms with Gasteiger partial charge < -0.3 is 0 Å². The fraction of sp³-hybridized carbons (Fsp3) is 0.857. The van der Waals surface area contributed by atoms with Crippen molar-refractivity contribution in [1.82, 2.24) is 0 Å². The molecule has 0 aromatic carbocycles. The topological polar surface area (TPSA) is 0 Å². The minimum absolute atomic E-state index is 0.743. The van der Waals surface area contributed by atoms with Crippen LogP contribution in [0.5, 0.6) is 0 Å². The van der Waals surface area contributed by atoms with E-state index >= 15 is 0 Å². The van der Waals surface area contributed by atoms with Gasteiger partial charge in [0, 0.05) is 0 Å². The van der Waals surface area contributed by atoms with Crippen LogP contribution in [0, 0.1) is 5.92 Å². The molecule has 0 aromatic rings. The Bertz CT molecular complexity index is 153. The van der Waals surface area contributed by atoms with Gasteiger partial charge in [0.1, 0.15) is 0 Å². The van der Waals surface area contributed by atoms with Gasteiger partial charge >= 0.3 is 0 Å². The highest BCUT2D eigenvalue weighted by Gasteiger charge is 2.02. The fourth-order valence-corrected chi connectivity index (χ4v) is 2.35. The molecule has 0 bridgehead atoms. The zero-order valence-corrected chi connectivity index (χ0v) is 10.0. The third kappa shape index (κ3) is 5.47. The Morgan fingerprint density at radius 2 is 1.21 bits per heavy atom. The summed E-state index contributed by atoms with van der Waals surface area (Å²) in [6, 6.07) is 0. The highest BCUT2D eigenvalue weighted by molar-refractivity contribution is 5.03. The standard InChI is InChI=1S/C14H26/c1-13(2)12-14-10-8-6-4-3-5-7-9-11-14/h12-13H,3-11H2,1-2H3. The van der Waals surface area contributed by atoms with Gasteiger partial charge in [0.05, 0.1) is 0 Å². The van der Waals surface area contributed by atoms with E-state index in [1.165, 1.54) is 57.8 Å². The van der Waals surface area contributed by atoms with Gasteiger partial charge in [-0.3, -0.25) is 0 Å². The van der Waals surface area contributed by atoms with Crippen LogP contribution in [0.25, 0.3) is 0 Å². The average molecular weight is 194 g/mol. The van der Waals surface area contributed by atoms with Crippen LogP contribution >= 0.6 is 0 Å². The molecule has 0 heterocycles. The third-order valence-electron chi connectivity index (χ3n) is 3.06. The van der Waals surface area contributed by atoms with E-state index in [4.69, 9.17) is 0 Å². The molecule has 0 saturated heterocycles. The number of rotatable bonds is 1. The van der Waals surface area contributed by atoms with Gasteiger partial charge in [-0.1, -0.05) is 57.6 Å². The summed E-state index contributed by atoms with van der Waals surface area (Å²) in [5.74, 6) is 0.743. The van der Waals surface area contributed by atoms with E-state index in [1.807, 2.05) is 0 Å². The van der Waals surface area contributed by atoms with Crippen molar-refractivity contribution in [1.29, 1.82) is 0 Å². The largest absolute Gasteiger partial charge is 0.0828 e. The van der Waals surface area contributed by atoms with Crippen LogP contribution in [-0.4, -0.2) is 0 Å². The van der Waals surface area contributed by atoms with E-state index in [0.29, 0.717) is 0 Å². The molecule has 0 nitrogen and oxygen atoms in total. The van der Waals surface area contributed by atoms with Gasteiger partial charge in [-0.15, -0.1) is 0 Å². The summed E-state index contributed by atoms with van der Waals surface area (Å²) in [7, 11) is 0. The predicted octanol–water partition coefficient (Wildman–Crippen LogP) is 5.09. The number of hydrogen-bond acceptors (Lipinski definition) is 0. The first-order valence-corrected chi connectivity index (χ1v) is 6.48. The monoisotopic (exact) mass is 194 g/mol. The van der Waals surface area contributed by atoms with Crippen molar-refractivity contribution < 1.29 is 0 Å². The maximum Gasteiger partial charge on any atom is -0.0288 e. The van der Waals surface area contributed by atoms with Gasteiger partial charge in [0.25, 0.3) is 0 Å². The minimum atomic E-state index is 0.743. The third-order valence-corrected chi connectivity index (χ3v) is 3.06. The number of hydrogen-bond donors (Lipinski definition) is 0. The van der Waals surface area contributed by atoms with Crippen molar-refractivity contribution in [3.8, 4) is 0 Å². The van der Waals surface area contributed by atoms with E-state index in [2.05, 4.69) is 19.9 Å². The molecule has 1 rings (SSSR count). The molecule has 1 aliphatic carbocycles. The van der Waals surface area contributed by atoms with Crippen molar-refractivity contribution in [2.24, 2.45) is 5.92 Å². The summed E-state index contributed by atoms with van der Waals surface area (Å²) >= 11 is 0. The van der Waals surface area contributed by atoms with Gasteiger partial charge in [-0.05, 0) is 31.6 Å². The molecule has 1 aliphatic rings. The molecule has 0 amide bonds. The molecular weight excluding hydrogens is 168 g/mol. The lowest BCUT2D eigenvalue weighted by Crippen LogP contribution is -1.93. The Morgan fingerprint density at radius 3 is 1.64 bits per heavy atom. The lowest BCUT2D eigenvalue weighted by Gasteiger charge is -2.12. The van der Waals surface area contributed by atoms with E-state index in [-0.39, 0.29) is 0 Å². The zero-order valence-electron chi connectivity index (χ0n) is 10.0. The second-order valence-electron chi connectivity index (χ2n) is 5.04. The normalized spacial score (nSPS) is 20.9. The summed E-state index contributed by atoms with van der Waals surface area (Å²) in [5, 5.41) is 0. The summed E-state index contributed by atoms with van der Waals surface area (Å²) in [6.45, 7) is 4.59. The predicted molar refractivity (Wildman–Crippen MR) is 64.5 cm³/mol. The van der Waals surface area contributed by atoms with Crippen LogP contribution in [0.1, 0.15) is 71.6 Å². The van der Waals surface area contributed by atoms with E-state index < -0.39 is 0 Å². The van der Waals surface area contributed by atoms with E-state index in [9.17, 15) is 0 Å². The number of allylic oxidation sites excluding steroid dienone is 2. The van der Waals surface area contributed by atoms with Crippen LogP contribution in [-0.2, 0) is 0 Å². The van der Waals surface area contributed by atoms with Crippen LogP contribution in [0.15, 0.2) is 11.6 Å². The summed E-state index contributed by atoms with van der Waals surface area (Å²) in [5.41, 5.74) is 1.74. The lowest BCUT2D eigenvalue weighted by molar-refractivity contribution is 0.548. The Hall–Kier alpha value is -0.260. The fourth-order valence-electron chi connectivity index (χ4n) is 2.35. The molecule has 14 heavy (non-hydrogen) atoms. The van der Waals surface area contributed by atoms with Gasteiger partial charge in [-0.25, -0.2) is 0 Å². The summed E-state index contributed by atoms with van der Waals surface area (Å²) in [6.07, 6.45) is 15.4. The summed E-state index contributed by atoms with van der Waals surface area (Å²) in [4.78, 5) is 0. The molecule has 0 atom stereocenters. The van der Waals surface area contributed by atoms with E-state index in [1.54, 1.807) is 5.57 Å². The van der Waals surface area contributed by atoms with Crippen molar-refractivity contribution in [3.05, 3.63) is 11.6 Å².